The van der Waals surface area contributed by atoms with Gasteiger partial charge in [-0.25, -0.2) is 13.2 Å². The minimum absolute atomic E-state index is 0.114. The maximum atomic E-state index is 14.3. The number of rotatable bonds is 4. The molecule has 4 nitrogen and oxygen atoms in total. The van der Waals surface area contributed by atoms with E-state index in [2.05, 4.69) is 20.5 Å². The number of anilines is 1. The molecule has 0 radical (unpaired) electrons. The van der Waals surface area contributed by atoms with Gasteiger partial charge in [0, 0.05) is 17.1 Å². The van der Waals surface area contributed by atoms with Crippen LogP contribution < -0.4 is 5.32 Å². The zero-order chi connectivity index (χ0) is 18.1. The van der Waals surface area contributed by atoms with Gasteiger partial charge in [-0.1, -0.05) is 29.8 Å². The standard InChI is InChI=1S/C17H14ClF3N4/c1-8(11-4-3-5-12(14(11)19)16(20)21)23-17-13-6-10(18)7-22-15(13)9(2)24-25-17/h3-8,16H,1-2H3,(H,23,25)/t8-/m1/s1. The van der Waals surface area contributed by atoms with Gasteiger partial charge in [0.25, 0.3) is 6.43 Å². The Bertz CT molecular complexity index is 933. The zero-order valence-electron chi connectivity index (χ0n) is 13.4. The molecule has 0 saturated heterocycles. The molecule has 0 saturated carbocycles. The van der Waals surface area contributed by atoms with Gasteiger partial charge in [-0.05, 0) is 19.9 Å². The predicted octanol–water partition coefficient (Wildman–Crippen LogP) is 5.24. The summed E-state index contributed by atoms with van der Waals surface area (Å²) in [5.74, 6) is -0.581. The summed E-state index contributed by atoms with van der Waals surface area (Å²) in [5, 5.41) is 12.1. The fourth-order valence-electron chi connectivity index (χ4n) is 2.60. The Morgan fingerprint density at radius 3 is 2.60 bits per heavy atom. The molecule has 1 atom stereocenters. The quantitative estimate of drug-likeness (QED) is 0.686. The molecule has 2 aromatic heterocycles. The highest BCUT2D eigenvalue weighted by molar-refractivity contribution is 6.31. The fraction of sp³-hybridized carbons (Fsp3) is 0.235. The molecule has 25 heavy (non-hydrogen) atoms. The van der Waals surface area contributed by atoms with E-state index < -0.39 is 23.8 Å². The highest BCUT2D eigenvalue weighted by atomic mass is 35.5. The number of aryl methyl sites for hydroxylation is 1. The van der Waals surface area contributed by atoms with Crippen molar-refractivity contribution in [2.45, 2.75) is 26.3 Å². The summed E-state index contributed by atoms with van der Waals surface area (Å²) in [4.78, 5) is 4.23. The number of aromatic nitrogens is 3. The van der Waals surface area contributed by atoms with Gasteiger partial charge in [-0.15, -0.1) is 5.10 Å². The van der Waals surface area contributed by atoms with Crippen molar-refractivity contribution in [2.24, 2.45) is 0 Å². The highest BCUT2D eigenvalue weighted by Gasteiger charge is 2.20. The van der Waals surface area contributed by atoms with Gasteiger partial charge >= 0.3 is 0 Å². The molecule has 1 N–H and O–H groups in total. The number of halogens is 4. The van der Waals surface area contributed by atoms with Gasteiger partial charge in [0.05, 0.1) is 27.8 Å². The monoisotopic (exact) mass is 366 g/mol. The van der Waals surface area contributed by atoms with Gasteiger partial charge in [-0.3, -0.25) is 4.98 Å². The van der Waals surface area contributed by atoms with Crippen LogP contribution in [0.25, 0.3) is 10.9 Å². The maximum Gasteiger partial charge on any atom is 0.266 e. The molecule has 0 aliphatic rings. The molecule has 0 aliphatic carbocycles. The van der Waals surface area contributed by atoms with E-state index in [9.17, 15) is 13.2 Å². The molecule has 0 unspecified atom stereocenters. The van der Waals surface area contributed by atoms with Crippen molar-refractivity contribution in [1.29, 1.82) is 0 Å². The number of alkyl halides is 2. The van der Waals surface area contributed by atoms with Crippen molar-refractivity contribution in [3.63, 3.8) is 0 Å². The molecule has 0 fully saturated rings. The predicted molar refractivity (Wildman–Crippen MR) is 90.5 cm³/mol. The normalized spacial score (nSPS) is 12.6. The molecule has 8 heteroatoms. The van der Waals surface area contributed by atoms with E-state index in [-0.39, 0.29) is 5.56 Å². The first-order chi connectivity index (χ1) is 11.9. The summed E-state index contributed by atoms with van der Waals surface area (Å²) >= 11 is 6.00. The number of hydrogen-bond donors (Lipinski definition) is 1. The van der Waals surface area contributed by atoms with Crippen molar-refractivity contribution in [2.75, 3.05) is 5.32 Å². The SMILES string of the molecule is Cc1nnc(N[C@H](C)c2cccc(C(F)F)c2F)c2cc(Cl)cnc12. The number of nitrogens with zero attached hydrogens (tertiary/aromatic N) is 3. The Labute approximate surface area is 147 Å². The number of nitrogens with one attached hydrogen (secondary N) is 1. The second-order valence-electron chi connectivity index (χ2n) is 5.60. The Hall–Kier alpha value is -2.41. The number of fused-ring (bicyclic) bond motifs is 1. The van der Waals surface area contributed by atoms with E-state index in [4.69, 9.17) is 11.6 Å². The Morgan fingerprint density at radius 2 is 1.88 bits per heavy atom. The molecule has 1 aromatic carbocycles. The molecule has 3 aromatic rings. The first-order valence-corrected chi connectivity index (χ1v) is 7.87. The van der Waals surface area contributed by atoms with E-state index in [1.165, 1.54) is 18.3 Å². The molecule has 0 spiro atoms. The first-order valence-electron chi connectivity index (χ1n) is 7.50. The summed E-state index contributed by atoms with van der Waals surface area (Å²) in [7, 11) is 0. The van der Waals surface area contributed by atoms with Crippen LogP contribution in [0.5, 0.6) is 0 Å². The molecule has 3 rings (SSSR count). The highest BCUT2D eigenvalue weighted by Crippen LogP contribution is 2.30. The van der Waals surface area contributed by atoms with E-state index in [0.29, 0.717) is 27.4 Å². The van der Waals surface area contributed by atoms with E-state index >= 15 is 0 Å². The van der Waals surface area contributed by atoms with E-state index in [1.807, 2.05) is 0 Å². The lowest BCUT2D eigenvalue weighted by atomic mass is 10.0. The molecule has 130 valence electrons. The molecule has 0 aliphatic heterocycles. The third-order valence-corrected chi connectivity index (χ3v) is 4.07. The van der Waals surface area contributed by atoms with Crippen LogP contribution in [0.4, 0.5) is 19.0 Å². The zero-order valence-corrected chi connectivity index (χ0v) is 14.2. The first kappa shape index (κ1) is 17.4. The Kier molecular flexibility index (Phi) is 4.76. The van der Waals surface area contributed by atoms with Crippen LogP contribution in [0.3, 0.4) is 0 Å². The van der Waals surface area contributed by atoms with Gasteiger partial charge in [0.15, 0.2) is 5.82 Å². The second-order valence-corrected chi connectivity index (χ2v) is 6.04. The van der Waals surface area contributed by atoms with Gasteiger partial charge in [0.1, 0.15) is 5.82 Å². The lowest BCUT2D eigenvalue weighted by Crippen LogP contribution is -2.12. The number of benzene rings is 1. The third kappa shape index (κ3) is 3.37. The minimum atomic E-state index is -2.88. The van der Waals surface area contributed by atoms with E-state index in [1.54, 1.807) is 19.9 Å². The largest absolute Gasteiger partial charge is 0.361 e. The summed E-state index contributed by atoms with van der Waals surface area (Å²) < 4.78 is 40.1. The summed E-state index contributed by atoms with van der Waals surface area (Å²) in [6, 6.07) is 4.98. The summed E-state index contributed by atoms with van der Waals surface area (Å²) in [5.41, 5.74) is 0.714. The van der Waals surface area contributed by atoms with Gasteiger partial charge in [0.2, 0.25) is 0 Å². The lowest BCUT2D eigenvalue weighted by molar-refractivity contribution is 0.146. The Morgan fingerprint density at radius 1 is 1.16 bits per heavy atom. The molecular formula is C17H14ClF3N4. The van der Waals surface area contributed by atoms with Crippen LogP contribution in [-0.2, 0) is 0 Å². The lowest BCUT2D eigenvalue weighted by Gasteiger charge is -2.18. The van der Waals surface area contributed by atoms with Crippen molar-refractivity contribution >= 4 is 28.3 Å². The number of pyridine rings is 1. The summed E-state index contributed by atoms with van der Waals surface area (Å²) in [6.07, 6.45) is -1.38. The van der Waals surface area contributed by atoms with Crippen LogP contribution in [-0.4, -0.2) is 15.2 Å². The second kappa shape index (κ2) is 6.84. The van der Waals surface area contributed by atoms with Crippen molar-refractivity contribution in [3.05, 3.63) is 58.1 Å². The van der Waals surface area contributed by atoms with Crippen molar-refractivity contribution in [1.82, 2.24) is 15.2 Å². The topological polar surface area (TPSA) is 50.7 Å². The van der Waals surface area contributed by atoms with Crippen LogP contribution in [0, 0.1) is 12.7 Å². The van der Waals surface area contributed by atoms with Gasteiger partial charge < -0.3 is 5.32 Å². The number of hydrogen-bond acceptors (Lipinski definition) is 4. The van der Waals surface area contributed by atoms with Crippen molar-refractivity contribution in [3.8, 4) is 0 Å². The van der Waals surface area contributed by atoms with Crippen LogP contribution >= 0.6 is 11.6 Å². The smallest absolute Gasteiger partial charge is 0.266 e. The minimum Gasteiger partial charge on any atom is -0.361 e. The van der Waals surface area contributed by atoms with Crippen molar-refractivity contribution < 1.29 is 13.2 Å². The van der Waals surface area contributed by atoms with Crippen LogP contribution in [0.1, 0.15) is 36.2 Å². The average Bonchev–Trinajstić information content (AvgIpc) is 2.57. The molecular weight excluding hydrogens is 353 g/mol. The molecule has 0 bridgehead atoms. The third-order valence-electron chi connectivity index (χ3n) is 3.87. The van der Waals surface area contributed by atoms with Crippen LogP contribution in [0.2, 0.25) is 5.02 Å². The fourth-order valence-corrected chi connectivity index (χ4v) is 2.75. The Balaban J connectivity index is 2.01. The molecule has 2 heterocycles. The molecule has 0 amide bonds. The van der Waals surface area contributed by atoms with E-state index in [0.717, 1.165) is 6.07 Å². The van der Waals surface area contributed by atoms with Gasteiger partial charge in [-0.2, -0.15) is 5.10 Å². The maximum absolute atomic E-state index is 14.3. The van der Waals surface area contributed by atoms with Crippen LogP contribution in [0.15, 0.2) is 30.5 Å². The average molecular weight is 367 g/mol. The summed E-state index contributed by atoms with van der Waals surface area (Å²) in [6.45, 7) is 3.41.